The number of hydrogen-bond acceptors (Lipinski definition) is 5. The molecule has 5 heteroatoms. The Bertz CT molecular complexity index is 907. The number of ether oxygens (including phenoxy) is 2. The summed E-state index contributed by atoms with van der Waals surface area (Å²) in [5.74, 6) is -2.50. The Morgan fingerprint density at radius 1 is 1.07 bits per heavy atom. The lowest BCUT2D eigenvalue weighted by atomic mass is 9.96. The van der Waals surface area contributed by atoms with Gasteiger partial charge in [-0.05, 0) is 36.3 Å². The summed E-state index contributed by atoms with van der Waals surface area (Å²) in [5, 5.41) is 0. The fourth-order valence-corrected chi connectivity index (χ4v) is 2.59. The van der Waals surface area contributed by atoms with E-state index in [-0.39, 0.29) is 5.76 Å². The van der Waals surface area contributed by atoms with Crippen LogP contribution in [0.15, 0.2) is 72.5 Å². The van der Waals surface area contributed by atoms with Crippen molar-refractivity contribution in [3.63, 3.8) is 0 Å². The molecule has 136 valence electrons. The van der Waals surface area contributed by atoms with Gasteiger partial charge in [0, 0.05) is 6.08 Å². The van der Waals surface area contributed by atoms with Gasteiger partial charge in [-0.1, -0.05) is 48.5 Å². The first-order chi connectivity index (χ1) is 13.0. The van der Waals surface area contributed by atoms with Gasteiger partial charge in [0.05, 0.1) is 0 Å². The van der Waals surface area contributed by atoms with Gasteiger partial charge in [0.1, 0.15) is 18.1 Å². The summed E-state index contributed by atoms with van der Waals surface area (Å²) in [7, 11) is 0. The molecule has 1 heterocycles. The molecule has 0 saturated heterocycles. The number of esters is 1. The second-order valence-electron chi connectivity index (χ2n) is 6.09. The van der Waals surface area contributed by atoms with E-state index in [2.05, 4.69) is 0 Å². The molecule has 0 saturated carbocycles. The van der Waals surface area contributed by atoms with Crippen LogP contribution >= 0.6 is 0 Å². The van der Waals surface area contributed by atoms with Crippen LogP contribution in [0, 0.1) is 5.92 Å². The van der Waals surface area contributed by atoms with Gasteiger partial charge in [-0.25, -0.2) is 0 Å². The van der Waals surface area contributed by atoms with Crippen molar-refractivity contribution in [2.75, 3.05) is 0 Å². The molecule has 0 unspecified atom stereocenters. The van der Waals surface area contributed by atoms with Gasteiger partial charge in [0.15, 0.2) is 17.5 Å². The molecule has 2 aromatic carbocycles. The van der Waals surface area contributed by atoms with E-state index in [9.17, 15) is 14.4 Å². The first kappa shape index (κ1) is 18.3. The van der Waals surface area contributed by atoms with E-state index in [0.29, 0.717) is 12.4 Å². The topological polar surface area (TPSA) is 69.7 Å². The number of rotatable bonds is 6. The largest absolute Gasteiger partial charge is 0.489 e. The van der Waals surface area contributed by atoms with E-state index >= 15 is 0 Å². The van der Waals surface area contributed by atoms with Crippen LogP contribution in [0.1, 0.15) is 18.1 Å². The average molecular weight is 362 g/mol. The number of carbonyl (C=O) groups excluding carboxylic acids is 3. The number of ketones is 2. The van der Waals surface area contributed by atoms with Crippen LogP contribution in [0.2, 0.25) is 0 Å². The number of carbonyl (C=O) groups is 3. The van der Waals surface area contributed by atoms with E-state index < -0.39 is 23.5 Å². The van der Waals surface area contributed by atoms with Crippen LogP contribution in [0.5, 0.6) is 5.75 Å². The Hall–Kier alpha value is -3.47. The summed E-state index contributed by atoms with van der Waals surface area (Å²) in [5.41, 5.74) is 1.82. The van der Waals surface area contributed by atoms with Crippen molar-refractivity contribution >= 4 is 23.6 Å². The number of allylic oxidation sites excluding steroid dienone is 3. The van der Waals surface area contributed by atoms with Crippen LogP contribution < -0.4 is 4.74 Å². The van der Waals surface area contributed by atoms with Crippen molar-refractivity contribution in [2.24, 2.45) is 5.92 Å². The molecular weight excluding hydrogens is 344 g/mol. The van der Waals surface area contributed by atoms with E-state index in [0.717, 1.165) is 17.2 Å². The lowest BCUT2D eigenvalue weighted by Gasteiger charge is -2.15. The summed E-state index contributed by atoms with van der Waals surface area (Å²) in [6.07, 6.45) is 3.93. The van der Waals surface area contributed by atoms with Gasteiger partial charge >= 0.3 is 5.97 Å². The minimum absolute atomic E-state index is 0.198. The molecule has 1 aliphatic rings. The van der Waals surface area contributed by atoms with Crippen LogP contribution in [0.4, 0.5) is 0 Å². The van der Waals surface area contributed by atoms with E-state index in [1.165, 1.54) is 13.0 Å². The molecule has 0 aliphatic carbocycles. The molecule has 27 heavy (non-hydrogen) atoms. The first-order valence-electron chi connectivity index (χ1n) is 8.45. The fraction of sp³-hybridized carbons (Fsp3) is 0.136. The Balaban J connectivity index is 1.60. The predicted molar refractivity (Wildman–Crippen MR) is 99.6 cm³/mol. The third kappa shape index (κ3) is 4.79. The molecule has 0 aromatic heterocycles. The van der Waals surface area contributed by atoms with E-state index in [1.807, 2.05) is 30.3 Å². The zero-order valence-electron chi connectivity index (χ0n) is 14.8. The maximum absolute atomic E-state index is 12.2. The second-order valence-corrected chi connectivity index (χ2v) is 6.09. The molecule has 5 nitrogen and oxygen atoms in total. The quantitative estimate of drug-likeness (QED) is 0.447. The van der Waals surface area contributed by atoms with Crippen LogP contribution in [0.25, 0.3) is 6.08 Å². The maximum Gasteiger partial charge on any atom is 0.329 e. The lowest BCUT2D eigenvalue weighted by molar-refractivity contribution is -0.151. The van der Waals surface area contributed by atoms with Gasteiger partial charge in [-0.3, -0.25) is 14.4 Å². The summed E-state index contributed by atoms with van der Waals surface area (Å²) in [4.78, 5) is 35.8. The fourth-order valence-electron chi connectivity index (χ4n) is 2.59. The highest BCUT2D eigenvalue weighted by atomic mass is 16.5. The third-order valence-electron chi connectivity index (χ3n) is 3.98. The molecule has 1 atom stereocenters. The minimum atomic E-state index is -1.42. The first-order valence-corrected chi connectivity index (χ1v) is 8.45. The zero-order valence-corrected chi connectivity index (χ0v) is 14.8. The standard InChI is InChI=1S/C22H18O5/c1-15-13-20(24)21(22(25)27-15)19(23)12-9-16-7-10-18(11-8-16)26-14-17-5-3-2-4-6-17/h2-13,21H,14H2,1H3/b12-9+/t21-/m0/s1. The second kappa shape index (κ2) is 8.27. The molecule has 1 aliphatic heterocycles. The van der Waals surface area contributed by atoms with E-state index in [4.69, 9.17) is 9.47 Å². The Kier molecular flexibility index (Phi) is 5.61. The van der Waals surface area contributed by atoms with Gasteiger partial charge in [-0.15, -0.1) is 0 Å². The molecule has 3 rings (SSSR count). The number of hydrogen-bond donors (Lipinski definition) is 0. The van der Waals surface area contributed by atoms with Gasteiger partial charge < -0.3 is 9.47 Å². The molecule has 0 fully saturated rings. The van der Waals surface area contributed by atoms with Crippen LogP contribution in [0.3, 0.4) is 0 Å². The van der Waals surface area contributed by atoms with E-state index in [1.54, 1.807) is 30.3 Å². The summed E-state index contributed by atoms with van der Waals surface area (Å²) < 4.78 is 10.6. The third-order valence-corrected chi connectivity index (χ3v) is 3.98. The molecular formula is C22H18O5. The minimum Gasteiger partial charge on any atom is -0.489 e. The lowest BCUT2D eigenvalue weighted by Crippen LogP contribution is -2.34. The summed E-state index contributed by atoms with van der Waals surface area (Å²) in [6.45, 7) is 1.96. The molecule has 0 bridgehead atoms. The summed E-state index contributed by atoms with van der Waals surface area (Å²) >= 11 is 0. The zero-order chi connectivity index (χ0) is 19.2. The summed E-state index contributed by atoms with van der Waals surface area (Å²) in [6, 6.07) is 17.0. The Morgan fingerprint density at radius 2 is 1.78 bits per heavy atom. The van der Waals surface area contributed by atoms with Gasteiger partial charge in [0.25, 0.3) is 0 Å². The Labute approximate surface area is 156 Å². The highest BCUT2D eigenvalue weighted by Gasteiger charge is 2.36. The number of benzene rings is 2. The van der Waals surface area contributed by atoms with Crippen molar-refractivity contribution < 1.29 is 23.9 Å². The van der Waals surface area contributed by atoms with Crippen molar-refractivity contribution in [2.45, 2.75) is 13.5 Å². The highest BCUT2D eigenvalue weighted by molar-refractivity contribution is 6.25. The normalized spacial score (nSPS) is 16.8. The smallest absolute Gasteiger partial charge is 0.329 e. The molecule has 2 aromatic rings. The van der Waals surface area contributed by atoms with Gasteiger partial charge in [0.2, 0.25) is 0 Å². The SMILES string of the molecule is CC1=CC(=O)[C@H](C(=O)/C=C/c2ccc(OCc3ccccc3)cc2)C(=O)O1. The Morgan fingerprint density at radius 3 is 2.44 bits per heavy atom. The maximum atomic E-state index is 12.2. The predicted octanol–water partition coefficient (Wildman–Crippen LogP) is 3.49. The van der Waals surface area contributed by atoms with Crippen molar-refractivity contribution in [3.8, 4) is 5.75 Å². The van der Waals surface area contributed by atoms with Gasteiger partial charge in [-0.2, -0.15) is 0 Å². The van der Waals surface area contributed by atoms with Crippen molar-refractivity contribution in [1.82, 2.24) is 0 Å². The molecule has 0 spiro atoms. The average Bonchev–Trinajstić information content (AvgIpc) is 2.65. The van der Waals surface area contributed by atoms with Crippen LogP contribution in [-0.2, 0) is 25.7 Å². The highest BCUT2D eigenvalue weighted by Crippen LogP contribution is 2.18. The molecule has 0 N–H and O–H groups in total. The number of cyclic esters (lactones) is 1. The molecule has 0 amide bonds. The van der Waals surface area contributed by atoms with Crippen LogP contribution in [-0.4, -0.2) is 17.5 Å². The monoisotopic (exact) mass is 362 g/mol. The van der Waals surface area contributed by atoms with Crippen molar-refractivity contribution in [3.05, 3.63) is 83.6 Å². The molecule has 0 radical (unpaired) electrons. The van der Waals surface area contributed by atoms with Crippen molar-refractivity contribution in [1.29, 1.82) is 0 Å².